The molecule has 0 spiro atoms. The minimum atomic E-state index is -1.64. The molecule has 0 amide bonds. The largest absolute Gasteiger partial charge is 0.373 e. The number of aliphatic hydroxyl groups is 2. The molecule has 4 aromatic heterocycles. The quantitative estimate of drug-likeness (QED) is 0.488. The van der Waals surface area contributed by atoms with Crippen molar-refractivity contribution in [3.8, 4) is 11.3 Å². The molecule has 134 valence electrons. The molecular weight excluding hydrogens is 332 g/mol. The first-order valence-corrected chi connectivity index (χ1v) is 8.39. The summed E-state index contributed by atoms with van der Waals surface area (Å²) in [4.78, 5) is 9.17. The Hall–Kier alpha value is -2.97. The van der Waals surface area contributed by atoms with Crippen molar-refractivity contribution in [2.75, 3.05) is 12.4 Å². The number of hydrogen-bond donors (Lipinski definition) is 3. The van der Waals surface area contributed by atoms with Gasteiger partial charge in [0.1, 0.15) is 11.5 Å². The monoisotopic (exact) mass is 352 g/mol. The third-order valence-corrected chi connectivity index (χ3v) is 4.46. The molecule has 0 atom stereocenters. The molecule has 0 radical (unpaired) electrons. The first-order valence-electron chi connectivity index (χ1n) is 8.39. The van der Waals surface area contributed by atoms with Crippen LogP contribution in [0.2, 0.25) is 0 Å². The lowest BCUT2D eigenvalue weighted by atomic mass is 10.1. The molecule has 4 heterocycles. The summed E-state index contributed by atoms with van der Waals surface area (Å²) in [5.74, 6) is 0.700. The van der Waals surface area contributed by atoms with Gasteiger partial charge in [-0.05, 0) is 26.0 Å². The molecule has 0 fully saturated rings. The summed E-state index contributed by atoms with van der Waals surface area (Å²) in [6, 6.07) is 6.05. The van der Waals surface area contributed by atoms with Gasteiger partial charge >= 0.3 is 0 Å². The lowest BCUT2D eigenvalue weighted by Crippen LogP contribution is -2.03. The molecular formula is C18H20N6O2. The fourth-order valence-electron chi connectivity index (χ4n) is 3.16. The molecule has 0 bridgehead atoms. The van der Waals surface area contributed by atoms with Crippen LogP contribution in [0.1, 0.15) is 31.7 Å². The van der Waals surface area contributed by atoms with E-state index in [1.807, 2.05) is 24.4 Å². The van der Waals surface area contributed by atoms with Crippen molar-refractivity contribution >= 4 is 22.5 Å². The van der Waals surface area contributed by atoms with E-state index in [0.717, 1.165) is 16.6 Å². The molecule has 26 heavy (non-hydrogen) atoms. The van der Waals surface area contributed by atoms with Gasteiger partial charge in [-0.2, -0.15) is 9.61 Å². The lowest BCUT2D eigenvalue weighted by Gasteiger charge is -2.09. The van der Waals surface area contributed by atoms with Crippen molar-refractivity contribution in [3.05, 3.63) is 42.4 Å². The van der Waals surface area contributed by atoms with Crippen LogP contribution in [-0.2, 0) is 0 Å². The first kappa shape index (κ1) is 16.5. The summed E-state index contributed by atoms with van der Waals surface area (Å²) in [5.41, 5.74) is 3.19. The maximum absolute atomic E-state index is 9.61. The average molecular weight is 352 g/mol. The third-order valence-electron chi connectivity index (χ3n) is 4.46. The zero-order valence-corrected chi connectivity index (χ0v) is 14.7. The summed E-state index contributed by atoms with van der Waals surface area (Å²) in [6.45, 7) is 4.20. The van der Waals surface area contributed by atoms with Gasteiger partial charge in [0.05, 0.1) is 17.5 Å². The van der Waals surface area contributed by atoms with Crippen molar-refractivity contribution in [2.24, 2.45) is 0 Å². The van der Waals surface area contributed by atoms with E-state index in [0.29, 0.717) is 17.2 Å². The van der Waals surface area contributed by atoms with E-state index in [4.69, 9.17) is 0 Å². The number of nitrogens with zero attached hydrogens (tertiary/aromatic N) is 5. The van der Waals surface area contributed by atoms with E-state index in [9.17, 15) is 10.2 Å². The van der Waals surface area contributed by atoms with Crippen LogP contribution in [0.3, 0.4) is 0 Å². The molecule has 4 aromatic rings. The number of pyridine rings is 1. The Labute approximate surface area is 149 Å². The highest BCUT2D eigenvalue weighted by atomic mass is 16.5. The second-order valence-electron chi connectivity index (χ2n) is 6.40. The van der Waals surface area contributed by atoms with Crippen LogP contribution in [0.25, 0.3) is 27.9 Å². The van der Waals surface area contributed by atoms with E-state index in [-0.39, 0.29) is 11.6 Å². The van der Waals surface area contributed by atoms with Gasteiger partial charge in [-0.3, -0.25) is 0 Å². The molecule has 0 aromatic carbocycles. The van der Waals surface area contributed by atoms with E-state index in [1.165, 1.54) is 6.20 Å². The van der Waals surface area contributed by atoms with Gasteiger partial charge in [-0.1, -0.05) is 0 Å². The molecule has 0 aliphatic carbocycles. The molecule has 0 aliphatic heterocycles. The van der Waals surface area contributed by atoms with Gasteiger partial charge in [0.25, 0.3) is 0 Å². The van der Waals surface area contributed by atoms with E-state index in [2.05, 4.69) is 38.8 Å². The van der Waals surface area contributed by atoms with Gasteiger partial charge in [0.2, 0.25) is 0 Å². The second kappa shape index (κ2) is 6.08. The Kier molecular flexibility index (Phi) is 3.86. The smallest absolute Gasteiger partial charge is 0.183 e. The number of aliphatic hydroxyl groups excluding tert-OH is 1. The van der Waals surface area contributed by atoms with Gasteiger partial charge in [0, 0.05) is 42.5 Å². The minimum Gasteiger partial charge on any atom is -0.373 e. The van der Waals surface area contributed by atoms with Crippen LogP contribution in [0.4, 0.5) is 5.82 Å². The minimum absolute atomic E-state index is 0.249. The van der Waals surface area contributed by atoms with Crippen molar-refractivity contribution in [3.63, 3.8) is 0 Å². The highest BCUT2D eigenvalue weighted by Gasteiger charge is 2.19. The number of fused-ring (bicyclic) bond motifs is 2. The fraction of sp³-hybridized carbons (Fsp3) is 0.278. The zero-order valence-electron chi connectivity index (χ0n) is 14.7. The Balaban J connectivity index is 2.03. The number of hydrogen-bond acceptors (Lipinski definition) is 6. The first-order chi connectivity index (χ1) is 12.5. The predicted molar refractivity (Wildman–Crippen MR) is 98.8 cm³/mol. The lowest BCUT2D eigenvalue weighted by molar-refractivity contribution is -0.0414. The highest BCUT2D eigenvalue weighted by Crippen LogP contribution is 2.32. The Bertz CT molecular complexity index is 1100. The Morgan fingerprint density at radius 1 is 1.19 bits per heavy atom. The van der Waals surface area contributed by atoms with Crippen LogP contribution in [0, 0.1) is 0 Å². The number of anilines is 1. The van der Waals surface area contributed by atoms with Crippen LogP contribution in [-0.4, -0.2) is 41.4 Å². The van der Waals surface area contributed by atoms with Gasteiger partial charge in [-0.15, -0.1) is 0 Å². The summed E-state index contributed by atoms with van der Waals surface area (Å²) in [7, 11) is 1.79. The standard InChI is InChI=1S/C18H20N6O2/c1-10(2)23-9-13(11-5-4-6-20-16(11)23)14-7-15(19-3)24-17(22-14)12(8-21-24)18(25)26/h4-10,18-19,25-26H,1-3H3. The van der Waals surface area contributed by atoms with Gasteiger partial charge in [0.15, 0.2) is 11.9 Å². The van der Waals surface area contributed by atoms with E-state index >= 15 is 0 Å². The predicted octanol–water partition coefficient (Wildman–Crippen LogP) is 2.35. The van der Waals surface area contributed by atoms with Crippen molar-refractivity contribution in [1.82, 2.24) is 24.1 Å². The summed E-state index contributed by atoms with van der Waals surface area (Å²) >= 11 is 0. The van der Waals surface area contributed by atoms with Gasteiger partial charge in [-0.25, -0.2) is 9.97 Å². The maximum atomic E-state index is 9.61. The summed E-state index contributed by atoms with van der Waals surface area (Å²) < 4.78 is 3.66. The van der Waals surface area contributed by atoms with Crippen molar-refractivity contribution in [1.29, 1.82) is 0 Å². The zero-order chi connectivity index (χ0) is 18.4. The SMILES string of the molecule is CNc1cc(-c2cn(C(C)C)c3ncccc23)nc2c(C(O)O)cnn12. The van der Waals surface area contributed by atoms with Crippen LogP contribution in [0.15, 0.2) is 36.8 Å². The highest BCUT2D eigenvalue weighted by molar-refractivity contribution is 5.93. The molecule has 0 aliphatic rings. The summed E-state index contributed by atoms with van der Waals surface area (Å²) in [6.07, 6.45) is 3.58. The molecule has 0 unspecified atom stereocenters. The normalized spacial score (nSPS) is 12.0. The Morgan fingerprint density at radius 2 is 2.00 bits per heavy atom. The van der Waals surface area contributed by atoms with E-state index < -0.39 is 6.29 Å². The van der Waals surface area contributed by atoms with Crippen LogP contribution in [0.5, 0.6) is 0 Å². The molecule has 8 heteroatoms. The van der Waals surface area contributed by atoms with Crippen LogP contribution < -0.4 is 5.32 Å². The molecule has 8 nitrogen and oxygen atoms in total. The summed E-state index contributed by atoms with van der Waals surface area (Å²) in [5, 5.41) is 27.5. The molecule has 3 N–H and O–H groups in total. The maximum Gasteiger partial charge on any atom is 0.183 e. The molecule has 0 saturated heterocycles. The van der Waals surface area contributed by atoms with E-state index in [1.54, 1.807) is 17.8 Å². The molecule has 0 saturated carbocycles. The van der Waals surface area contributed by atoms with Crippen molar-refractivity contribution in [2.45, 2.75) is 26.2 Å². The number of rotatable bonds is 4. The van der Waals surface area contributed by atoms with Crippen LogP contribution >= 0.6 is 0 Å². The number of aromatic nitrogens is 5. The fourth-order valence-corrected chi connectivity index (χ4v) is 3.16. The third kappa shape index (κ3) is 2.42. The van der Waals surface area contributed by atoms with Crippen molar-refractivity contribution < 1.29 is 10.2 Å². The van der Waals surface area contributed by atoms with Gasteiger partial charge < -0.3 is 20.1 Å². The molecule has 4 rings (SSSR count). The average Bonchev–Trinajstić information content (AvgIpc) is 3.22. The second-order valence-corrected chi connectivity index (χ2v) is 6.40. The number of nitrogens with one attached hydrogen (secondary N) is 1. The Morgan fingerprint density at radius 3 is 2.69 bits per heavy atom. The topological polar surface area (TPSA) is 100 Å².